The highest BCUT2D eigenvalue weighted by molar-refractivity contribution is 9.10. The summed E-state index contributed by atoms with van der Waals surface area (Å²) in [4.78, 5) is 15.5. The van der Waals surface area contributed by atoms with Crippen LogP contribution in [0.3, 0.4) is 0 Å². The van der Waals surface area contributed by atoms with Gasteiger partial charge in [-0.1, -0.05) is 0 Å². The van der Waals surface area contributed by atoms with Gasteiger partial charge in [-0.05, 0) is 28.9 Å². The normalized spacial score (nSPS) is 10.5. The van der Waals surface area contributed by atoms with Crippen LogP contribution in [0.25, 0.3) is 0 Å². The third kappa shape index (κ3) is 4.23. The van der Waals surface area contributed by atoms with Crippen molar-refractivity contribution in [3.05, 3.63) is 20.3 Å². The molecule has 1 N–H and O–H groups in total. The molecule has 0 aliphatic carbocycles. The van der Waals surface area contributed by atoms with Gasteiger partial charge in [0.15, 0.2) is 0 Å². The molecule has 1 aromatic rings. The van der Waals surface area contributed by atoms with Gasteiger partial charge in [-0.3, -0.25) is 4.79 Å². The standard InChI is InChI=1S/C11H17BrN2OS/c1-8-10(12)6-9(16-8)7-13-5-4-11(15)14(2)3/h6,13H,4-5,7H2,1-3H3. The number of hydrogen-bond acceptors (Lipinski definition) is 3. The number of nitrogens with zero attached hydrogens (tertiary/aromatic N) is 1. The molecule has 16 heavy (non-hydrogen) atoms. The Balaban J connectivity index is 2.23. The molecule has 0 aromatic carbocycles. The number of carbonyl (C=O) groups excluding carboxylic acids is 1. The van der Waals surface area contributed by atoms with Gasteiger partial charge in [0.1, 0.15) is 0 Å². The molecule has 0 saturated heterocycles. The summed E-state index contributed by atoms with van der Waals surface area (Å²) in [6.07, 6.45) is 0.554. The fraction of sp³-hybridized carbons (Fsp3) is 0.545. The molecule has 1 rings (SSSR count). The van der Waals surface area contributed by atoms with Gasteiger partial charge in [0.25, 0.3) is 0 Å². The van der Waals surface area contributed by atoms with E-state index < -0.39 is 0 Å². The van der Waals surface area contributed by atoms with E-state index in [4.69, 9.17) is 0 Å². The van der Waals surface area contributed by atoms with E-state index in [1.54, 1.807) is 30.3 Å². The number of aryl methyl sites for hydroxylation is 1. The number of halogens is 1. The zero-order valence-electron chi connectivity index (χ0n) is 9.84. The Morgan fingerprint density at radius 1 is 1.56 bits per heavy atom. The van der Waals surface area contributed by atoms with E-state index in [0.29, 0.717) is 6.42 Å². The van der Waals surface area contributed by atoms with Crippen molar-refractivity contribution in [1.82, 2.24) is 10.2 Å². The molecule has 3 nitrogen and oxygen atoms in total. The van der Waals surface area contributed by atoms with Crippen molar-refractivity contribution in [2.45, 2.75) is 19.9 Å². The van der Waals surface area contributed by atoms with Crippen LogP contribution < -0.4 is 5.32 Å². The van der Waals surface area contributed by atoms with Gasteiger partial charge in [0.2, 0.25) is 5.91 Å². The maximum absolute atomic E-state index is 11.3. The van der Waals surface area contributed by atoms with Crippen LogP contribution in [0.15, 0.2) is 10.5 Å². The molecule has 90 valence electrons. The second kappa shape index (κ2) is 6.37. The average molecular weight is 305 g/mol. The molecular formula is C11H17BrN2OS. The lowest BCUT2D eigenvalue weighted by Gasteiger charge is -2.09. The Morgan fingerprint density at radius 2 is 2.25 bits per heavy atom. The zero-order chi connectivity index (χ0) is 12.1. The van der Waals surface area contributed by atoms with Crippen LogP contribution in [0.1, 0.15) is 16.2 Å². The Morgan fingerprint density at radius 3 is 2.75 bits per heavy atom. The highest BCUT2D eigenvalue weighted by Crippen LogP contribution is 2.25. The first-order valence-electron chi connectivity index (χ1n) is 5.16. The summed E-state index contributed by atoms with van der Waals surface area (Å²) in [5.41, 5.74) is 0. The molecule has 0 unspecified atom stereocenters. The number of nitrogens with one attached hydrogen (secondary N) is 1. The van der Waals surface area contributed by atoms with Gasteiger partial charge in [0, 0.05) is 47.8 Å². The van der Waals surface area contributed by atoms with Crippen molar-refractivity contribution in [2.75, 3.05) is 20.6 Å². The smallest absolute Gasteiger partial charge is 0.223 e. The molecule has 1 heterocycles. The molecule has 0 atom stereocenters. The zero-order valence-corrected chi connectivity index (χ0v) is 12.2. The first-order chi connectivity index (χ1) is 7.50. The van der Waals surface area contributed by atoms with Gasteiger partial charge in [-0.25, -0.2) is 0 Å². The summed E-state index contributed by atoms with van der Waals surface area (Å²) in [7, 11) is 3.56. The van der Waals surface area contributed by atoms with Crippen molar-refractivity contribution < 1.29 is 4.79 Å². The number of hydrogen-bond donors (Lipinski definition) is 1. The van der Waals surface area contributed by atoms with Crippen molar-refractivity contribution in [3.8, 4) is 0 Å². The van der Waals surface area contributed by atoms with Crippen LogP contribution in [0.2, 0.25) is 0 Å². The van der Waals surface area contributed by atoms with Crippen LogP contribution in [0, 0.1) is 6.92 Å². The highest BCUT2D eigenvalue weighted by atomic mass is 79.9. The summed E-state index contributed by atoms with van der Waals surface area (Å²) >= 11 is 5.26. The van der Waals surface area contributed by atoms with Crippen molar-refractivity contribution in [2.24, 2.45) is 0 Å². The molecule has 0 saturated carbocycles. The van der Waals surface area contributed by atoms with Crippen LogP contribution in [0.5, 0.6) is 0 Å². The lowest BCUT2D eigenvalue weighted by molar-refractivity contribution is -0.128. The van der Waals surface area contributed by atoms with E-state index in [1.165, 1.54) is 14.2 Å². The topological polar surface area (TPSA) is 32.3 Å². The average Bonchev–Trinajstić information content (AvgIpc) is 2.53. The van der Waals surface area contributed by atoms with Crippen LogP contribution >= 0.6 is 27.3 Å². The largest absolute Gasteiger partial charge is 0.349 e. The van der Waals surface area contributed by atoms with E-state index in [1.807, 2.05) is 0 Å². The SMILES string of the molecule is Cc1sc(CNCCC(=O)N(C)C)cc1Br. The second-order valence-corrected chi connectivity index (χ2v) is 6.03. The third-order valence-electron chi connectivity index (χ3n) is 2.22. The fourth-order valence-electron chi connectivity index (χ4n) is 1.24. The molecule has 0 fully saturated rings. The minimum atomic E-state index is 0.163. The van der Waals surface area contributed by atoms with Crippen molar-refractivity contribution in [3.63, 3.8) is 0 Å². The van der Waals surface area contributed by atoms with Crippen molar-refractivity contribution >= 4 is 33.2 Å². The minimum Gasteiger partial charge on any atom is -0.349 e. The van der Waals surface area contributed by atoms with E-state index in [-0.39, 0.29) is 5.91 Å². The Hall–Kier alpha value is -0.390. The summed E-state index contributed by atoms with van der Waals surface area (Å²) in [6, 6.07) is 2.13. The molecule has 0 aliphatic rings. The lowest BCUT2D eigenvalue weighted by atomic mass is 10.3. The second-order valence-electron chi connectivity index (χ2n) is 3.83. The predicted molar refractivity (Wildman–Crippen MR) is 71.8 cm³/mol. The minimum absolute atomic E-state index is 0.163. The number of rotatable bonds is 5. The number of thiophene rings is 1. The van der Waals surface area contributed by atoms with Gasteiger partial charge >= 0.3 is 0 Å². The van der Waals surface area contributed by atoms with E-state index >= 15 is 0 Å². The monoisotopic (exact) mass is 304 g/mol. The van der Waals surface area contributed by atoms with Gasteiger partial charge in [0.05, 0.1) is 0 Å². The Kier molecular flexibility index (Phi) is 5.44. The van der Waals surface area contributed by atoms with E-state index in [2.05, 4.69) is 34.2 Å². The Bertz CT molecular complexity index is 343. The summed E-state index contributed by atoms with van der Waals surface area (Å²) in [5, 5.41) is 3.27. The molecule has 5 heteroatoms. The first-order valence-corrected chi connectivity index (χ1v) is 6.77. The Labute approximate surface area is 109 Å². The van der Waals surface area contributed by atoms with Gasteiger partial charge in [-0.15, -0.1) is 11.3 Å². The highest BCUT2D eigenvalue weighted by Gasteiger charge is 2.04. The molecule has 1 amide bonds. The summed E-state index contributed by atoms with van der Waals surface area (Å²) < 4.78 is 1.17. The maximum Gasteiger partial charge on any atom is 0.223 e. The predicted octanol–water partition coefficient (Wildman–Crippen LogP) is 2.39. The third-order valence-corrected chi connectivity index (χ3v) is 4.36. The molecule has 0 bridgehead atoms. The van der Waals surface area contributed by atoms with Gasteiger partial charge < -0.3 is 10.2 Å². The van der Waals surface area contributed by atoms with Crippen molar-refractivity contribution in [1.29, 1.82) is 0 Å². The van der Waals surface area contributed by atoms with E-state index in [9.17, 15) is 4.79 Å². The van der Waals surface area contributed by atoms with Crippen LogP contribution in [-0.4, -0.2) is 31.4 Å². The molecule has 1 aromatic heterocycles. The summed E-state index contributed by atoms with van der Waals surface area (Å²) in [6.45, 7) is 3.65. The molecular weight excluding hydrogens is 288 g/mol. The maximum atomic E-state index is 11.3. The summed E-state index contributed by atoms with van der Waals surface area (Å²) in [5.74, 6) is 0.163. The van der Waals surface area contributed by atoms with Crippen LogP contribution in [0.4, 0.5) is 0 Å². The quantitative estimate of drug-likeness (QED) is 0.847. The lowest BCUT2D eigenvalue weighted by Crippen LogP contribution is -2.26. The van der Waals surface area contributed by atoms with Gasteiger partial charge in [-0.2, -0.15) is 0 Å². The van der Waals surface area contributed by atoms with E-state index in [0.717, 1.165) is 13.1 Å². The molecule has 0 spiro atoms. The number of carbonyl (C=O) groups is 1. The molecule has 0 radical (unpaired) electrons. The fourth-order valence-corrected chi connectivity index (χ4v) is 2.81. The number of amides is 1. The van der Waals surface area contributed by atoms with Crippen LogP contribution in [-0.2, 0) is 11.3 Å². The molecule has 0 aliphatic heterocycles. The first kappa shape index (κ1) is 13.7.